The van der Waals surface area contributed by atoms with Crippen LogP contribution in [-0.2, 0) is 6.42 Å². The van der Waals surface area contributed by atoms with E-state index in [9.17, 15) is 4.79 Å². The molecule has 1 N–H and O–H groups in total. The Morgan fingerprint density at radius 2 is 1.94 bits per heavy atom. The van der Waals surface area contributed by atoms with Crippen molar-refractivity contribution in [2.24, 2.45) is 5.41 Å². The van der Waals surface area contributed by atoms with E-state index in [0.717, 1.165) is 24.1 Å². The zero-order chi connectivity index (χ0) is 21.4. The van der Waals surface area contributed by atoms with Crippen molar-refractivity contribution in [3.05, 3.63) is 59.8 Å². The first-order valence-electron chi connectivity index (χ1n) is 10.3. The summed E-state index contributed by atoms with van der Waals surface area (Å²) in [5, 5.41) is 3.17. The lowest BCUT2D eigenvalue weighted by molar-refractivity contribution is 0.0917. The highest BCUT2D eigenvalue weighted by Crippen LogP contribution is 2.40. The van der Waals surface area contributed by atoms with Gasteiger partial charge in [0.05, 0.1) is 17.9 Å². The topological polar surface area (TPSA) is 99.1 Å². The largest absolute Gasteiger partial charge is 0.486 e. The predicted octanol–water partition coefficient (Wildman–Crippen LogP) is 3.15. The number of carbonyl (C=O) groups is 1. The molecule has 0 saturated heterocycles. The summed E-state index contributed by atoms with van der Waals surface area (Å²) in [7, 11) is 0. The minimum atomic E-state index is -0.185. The van der Waals surface area contributed by atoms with Gasteiger partial charge in [0.2, 0.25) is 0 Å². The Labute approximate surface area is 180 Å². The van der Waals surface area contributed by atoms with E-state index in [0.29, 0.717) is 41.8 Å². The van der Waals surface area contributed by atoms with E-state index in [1.165, 1.54) is 0 Å². The number of hydrogen-bond donors (Lipinski definition) is 1. The van der Waals surface area contributed by atoms with Crippen molar-refractivity contribution in [1.29, 1.82) is 0 Å². The molecule has 0 bridgehead atoms. The maximum Gasteiger partial charge on any atom is 0.251 e. The van der Waals surface area contributed by atoms with E-state index in [4.69, 9.17) is 14.5 Å². The van der Waals surface area contributed by atoms with Crippen LogP contribution in [0.2, 0.25) is 0 Å². The first-order valence-corrected chi connectivity index (χ1v) is 10.3. The fourth-order valence-electron chi connectivity index (χ4n) is 4.14. The lowest BCUT2D eigenvalue weighted by atomic mass is 9.74. The van der Waals surface area contributed by atoms with E-state index in [-0.39, 0.29) is 17.4 Å². The van der Waals surface area contributed by atoms with Gasteiger partial charge in [0.15, 0.2) is 17.3 Å². The number of amides is 1. The van der Waals surface area contributed by atoms with Gasteiger partial charge >= 0.3 is 0 Å². The molecule has 0 spiro atoms. The second-order valence-electron chi connectivity index (χ2n) is 8.62. The summed E-state index contributed by atoms with van der Waals surface area (Å²) in [6.45, 7) is 5.36. The van der Waals surface area contributed by atoms with Gasteiger partial charge in [-0.15, -0.1) is 0 Å². The highest BCUT2D eigenvalue weighted by Gasteiger charge is 2.35. The maximum atomic E-state index is 13.0. The average molecular weight is 417 g/mol. The molecule has 31 heavy (non-hydrogen) atoms. The van der Waals surface area contributed by atoms with Crippen LogP contribution in [0, 0.1) is 5.41 Å². The molecule has 158 valence electrons. The van der Waals surface area contributed by atoms with E-state index >= 15 is 0 Å². The minimum Gasteiger partial charge on any atom is -0.486 e. The molecule has 5 rings (SSSR count). The normalized spacial score (nSPS) is 18.7. The number of ether oxygens (including phenoxy) is 2. The van der Waals surface area contributed by atoms with E-state index in [1.807, 2.05) is 0 Å². The summed E-state index contributed by atoms with van der Waals surface area (Å²) in [5.74, 6) is 1.64. The molecule has 1 atom stereocenters. The summed E-state index contributed by atoms with van der Waals surface area (Å²) in [5.41, 5.74) is 3.01. The summed E-state index contributed by atoms with van der Waals surface area (Å²) >= 11 is 0. The van der Waals surface area contributed by atoms with Gasteiger partial charge in [0.25, 0.3) is 5.91 Å². The molecule has 3 aromatic rings. The minimum absolute atomic E-state index is 0.0221. The molecular weight excluding hydrogens is 394 g/mol. The highest BCUT2D eigenvalue weighted by molar-refractivity contribution is 5.95. The molecule has 1 aromatic carbocycles. The SMILES string of the molecule is CC1(C)Cc2nc(-c3cnccn3)ncc2C(NC(=O)c2ccc3c(c2)OCCO3)C1. The predicted molar refractivity (Wildman–Crippen MR) is 113 cm³/mol. The molecule has 0 saturated carbocycles. The molecular formula is C23H23N5O3. The quantitative estimate of drug-likeness (QED) is 0.699. The van der Waals surface area contributed by atoms with Crippen molar-refractivity contribution < 1.29 is 14.3 Å². The van der Waals surface area contributed by atoms with Crippen LogP contribution < -0.4 is 14.8 Å². The second-order valence-corrected chi connectivity index (χ2v) is 8.62. The number of hydrogen-bond acceptors (Lipinski definition) is 7. The number of fused-ring (bicyclic) bond motifs is 2. The van der Waals surface area contributed by atoms with E-state index < -0.39 is 0 Å². The molecule has 2 aromatic heterocycles. The van der Waals surface area contributed by atoms with Crippen LogP contribution in [0.25, 0.3) is 11.5 Å². The van der Waals surface area contributed by atoms with Crippen molar-refractivity contribution in [2.45, 2.75) is 32.7 Å². The number of nitrogens with one attached hydrogen (secondary N) is 1. The molecule has 1 aliphatic heterocycles. The van der Waals surface area contributed by atoms with Gasteiger partial charge < -0.3 is 14.8 Å². The van der Waals surface area contributed by atoms with Gasteiger partial charge in [-0.1, -0.05) is 13.8 Å². The Balaban J connectivity index is 1.43. The van der Waals surface area contributed by atoms with E-state index in [1.54, 1.807) is 43.0 Å². The lowest BCUT2D eigenvalue weighted by Crippen LogP contribution is -2.37. The van der Waals surface area contributed by atoms with Gasteiger partial charge in [0.1, 0.15) is 18.9 Å². The van der Waals surface area contributed by atoms with Crippen molar-refractivity contribution in [3.8, 4) is 23.0 Å². The number of rotatable bonds is 3. The Hall–Kier alpha value is -3.55. The Morgan fingerprint density at radius 3 is 2.74 bits per heavy atom. The van der Waals surface area contributed by atoms with Crippen LogP contribution in [0.5, 0.6) is 11.5 Å². The third-order valence-corrected chi connectivity index (χ3v) is 5.58. The zero-order valence-corrected chi connectivity index (χ0v) is 17.5. The summed E-state index contributed by atoms with van der Waals surface area (Å²) < 4.78 is 11.2. The van der Waals surface area contributed by atoms with Crippen LogP contribution in [0.4, 0.5) is 0 Å². The Bertz CT molecular complexity index is 1130. The van der Waals surface area contributed by atoms with Crippen molar-refractivity contribution in [3.63, 3.8) is 0 Å². The molecule has 1 unspecified atom stereocenters. The summed E-state index contributed by atoms with van der Waals surface area (Å²) in [6, 6.07) is 5.08. The van der Waals surface area contributed by atoms with Crippen molar-refractivity contribution in [1.82, 2.24) is 25.3 Å². The molecule has 0 radical (unpaired) electrons. The van der Waals surface area contributed by atoms with Crippen LogP contribution in [0.3, 0.4) is 0 Å². The van der Waals surface area contributed by atoms with Crippen LogP contribution >= 0.6 is 0 Å². The van der Waals surface area contributed by atoms with Gasteiger partial charge in [-0.3, -0.25) is 9.78 Å². The molecule has 0 fully saturated rings. The molecule has 2 aliphatic rings. The average Bonchev–Trinajstić information content (AvgIpc) is 2.78. The molecule has 1 aliphatic carbocycles. The number of carbonyl (C=O) groups excluding carboxylic acids is 1. The van der Waals surface area contributed by atoms with Crippen molar-refractivity contribution >= 4 is 5.91 Å². The number of aromatic nitrogens is 4. The smallest absolute Gasteiger partial charge is 0.251 e. The molecule has 3 heterocycles. The number of nitrogens with zero attached hydrogens (tertiary/aromatic N) is 4. The zero-order valence-electron chi connectivity index (χ0n) is 17.5. The maximum absolute atomic E-state index is 13.0. The van der Waals surface area contributed by atoms with Crippen LogP contribution in [0.1, 0.15) is 47.9 Å². The third kappa shape index (κ3) is 3.93. The van der Waals surface area contributed by atoms with Gasteiger partial charge in [0, 0.05) is 29.7 Å². The summed E-state index contributed by atoms with van der Waals surface area (Å²) in [6.07, 6.45) is 8.29. The molecule has 8 heteroatoms. The Morgan fingerprint density at radius 1 is 1.10 bits per heavy atom. The Kier molecular flexibility index (Phi) is 4.77. The second kappa shape index (κ2) is 7.61. The number of benzene rings is 1. The fraction of sp³-hybridized carbons (Fsp3) is 0.348. The van der Waals surface area contributed by atoms with Gasteiger partial charge in [-0.25, -0.2) is 15.0 Å². The van der Waals surface area contributed by atoms with Crippen molar-refractivity contribution in [2.75, 3.05) is 13.2 Å². The van der Waals surface area contributed by atoms with E-state index in [2.05, 4.69) is 34.1 Å². The monoisotopic (exact) mass is 417 g/mol. The fourth-order valence-corrected chi connectivity index (χ4v) is 4.14. The van der Waals surface area contributed by atoms with Gasteiger partial charge in [-0.05, 0) is 36.5 Å². The first kappa shape index (κ1) is 19.4. The highest BCUT2D eigenvalue weighted by atomic mass is 16.6. The lowest BCUT2D eigenvalue weighted by Gasteiger charge is -2.36. The van der Waals surface area contributed by atoms with Gasteiger partial charge in [-0.2, -0.15) is 0 Å². The third-order valence-electron chi connectivity index (χ3n) is 5.58. The standard InChI is InChI=1S/C23H23N5O3/c1-23(2)10-16-15(12-26-21(27-16)18-13-24-5-6-25-18)17(11-23)28-22(29)14-3-4-19-20(9-14)31-8-7-30-19/h3-6,9,12-13,17H,7-8,10-11H2,1-2H3,(H,28,29). The molecule has 1 amide bonds. The van der Waals surface area contributed by atoms with Crippen LogP contribution in [0.15, 0.2) is 43.0 Å². The molecule has 8 nitrogen and oxygen atoms in total. The first-order chi connectivity index (χ1) is 15.0. The summed E-state index contributed by atoms with van der Waals surface area (Å²) in [4.78, 5) is 30.7. The van der Waals surface area contributed by atoms with Crippen LogP contribution in [-0.4, -0.2) is 39.1 Å².